The Balaban J connectivity index is 1.82. The molecule has 1 aliphatic rings. The quantitative estimate of drug-likeness (QED) is 0.773. The fourth-order valence-corrected chi connectivity index (χ4v) is 2.05. The first-order valence-electron chi connectivity index (χ1n) is 6.41. The number of morpholine rings is 1. The summed E-state index contributed by atoms with van der Waals surface area (Å²) in [6, 6.07) is 0.580. The number of hydrogen-bond acceptors (Lipinski definition) is 4. The first-order valence-corrected chi connectivity index (χ1v) is 6.41. The van der Waals surface area contributed by atoms with Crippen LogP contribution in [0.3, 0.4) is 0 Å². The molecule has 1 aromatic heterocycles. The molecule has 0 radical (unpaired) electrons. The Bertz CT molecular complexity index is 488. The highest BCUT2D eigenvalue weighted by Crippen LogP contribution is 2.07. The number of carboxylic acids is 1. The monoisotopic (exact) mass is 282 g/mol. The number of nitrogens with zero attached hydrogens (tertiary/aromatic N) is 3. The predicted molar refractivity (Wildman–Crippen MR) is 69.3 cm³/mol. The van der Waals surface area contributed by atoms with Crippen molar-refractivity contribution in [1.29, 1.82) is 0 Å². The summed E-state index contributed by atoms with van der Waals surface area (Å²) in [6.07, 6.45) is 2.44. The lowest BCUT2D eigenvalue weighted by molar-refractivity contribution is -0.147. The van der Waals surface area contributed by atoms with Gasteiger partial charge in [0.1, 0.15) is 0 Å². The number of nitrogens with one attached hydrogen (secondary N) is 1. The number of carboxylic acid groups (broad SMARTS) is 1. The van der Waals surface area contributed by atoms with Gasteiger partial charge in [-0.05, 0) is 6.07 Å². The lowest BCUT2D eigenvalue weighted by Gasteiger charge is -2.32. The van der Waals surface area contributed by atoms with Crippen LogP contribution in [-0.2, 0) is 23.0 Å². The summed E-state index contributed by atoms with van der Waals surface area (Å²) < 4.78 is 6.78. The number of rotatable bonds is 4. The molecule has 2 amide bonds. The van der Waals surface area contributed by atoms with Crippen molar-refractivity contribution in [3.63, 3.8) is 0 Å². The number of amides is 2. The van der Waals surface area contributed by atoms with Crippen molar-refractivity contribution in [1.82, 2.24) is 20.0 Å². The second-order valence-electron chi connectivity index (χ2n) is 4.59. The SMILES string of the molecule is Cn1ccc(CCNC(=O)N2CCOCC2C(=O)O)n1. The van der Waals surface area contributed by atoms with Crippen LogP contribution in [0.25, 0.3) is 0 Å². The van der Waals surface area contributed by atoms with E-state index in [4.69, 9.17) is 9.84 Å². The van der Waals surface area contributed by atoms with Crippen molar-refractivity contribution < 1.29 is 19.4 Å². The second kappa shape index (κ2) is 6.38. The molecule has 0 saturated carbocycles. The van der Waals surface area contributed by atoms with Crippen LogP contribution in [0.2, 0.25) is 0 Å². The summed E-state index contributed by atoms with van der Waals surface area (Å²) in [5, 5.41) is 16.0. The van der Waals surface area contributed by atoms with Gasteiger partial charge in [0.15, 0.2) is 6.04 Å². The highest BCUT2D eigenvalue weighted by Gasteiger charge is 2.32. The molecule has 1 fully saturated rings. The molecule has 0 spiro atoms. The van der Waals surface area contributed by atoms with E-state index in [1.807, 2.05) is 19.3 Å². The van der Waals surface area contributed by atoms with E-state index in [9.17, 15) is 9.59 Å². The summed E-state index contributed by atoms with van der Waals surface area (Å²) in [5.41, 5.74) is 0.879. The Morgan fingerprint density at radius 3 is 3.05 bits per heavy atom. The highest BCUT2D eigenvalue weighted by molar-refractivity contribution is 5.83. The molecule has 1 unspecified atom stereocenters. The minimum atomic E-state index is -1.05. The summed E-state index contributed by atoms with van der Waals surface area (Å²) >= 11 is 0. The van der Waals surface area contributed by atoms with Gasteiger partial charge in [0.25, 0.3) is 0 Å². The number of hydrogen-bond donors (Lipinski definition) is 2. The van der Waals surface area contributed by atoms with Crippen LogP contribution in [-0.4, -0.2) is 64.1 Å². The maximum absolute atomic E-state index is 12.0. The highest BCUT2D eigenvalue weighted by atomic mass is 16.5. The lowest BCUT2D eigenvalue weighted by atomic mass is 10.2. The third kappa shape index (κ3) is 3.47. The zero-order valence-corrected chi connectivity index (χ0v) is 11.3. The van der Waals surface area contributed by atoms with Crippen LogP contribution in [0.4, 0.5) is 4.79 Å². The van der Waals surface area contributed by atoms with Gasteiger partial charge in [-0.3, -0.25) is 4.68 Å². The maximum atomic E-state index is 12.0. The van der Waals surface area contributed by atoms with Crippen molar-refractivity contribution >= 4 is 12.0 Å². The smallest absolute Gasteiger partial charge is 0.328 e. The predicted octanol–water partition coefficient (Wildman–Crippen LogP) is -0.542. The van der Waals surface area contributed by atoms with E-state index in [1.54, 1.807) is 4.68 Å². The molecule has 2 rings (SSSR count). The molecule has 1 saturated heterocycles. The van der Waals surface area contributed by atoms with Gasteiger partial charge in [0.2, 0.25) is 0 Å². The number of carbonyl (C=O) groups is 2. The summed E-state index contributed by atoms with van der Waals surface area (Å²) in [4.78, 5) is 24.3. The van der Waals surface area contributed by atoms with Crippen LogP contribution in [0.1, 0.15) is 5.69 Å². The van der Waals surface area contributed by atoms with Crippen LogP contribution in [0.15, 0.2) is 12.3 Å². The van der Waals surface area contributed by atoms with Gasteiger partial charge in [-0.2, -0.15) is 5.10 Å². The Kier molecular flexibility index (Phi) is 4.57. The molecule has 1 aromatic rings. The van der Waals surface area contributed by atoms with Gasteiger partial charge in [-0.1, -0.05) is 0 Å². The number of aromatic nitrogens is 2. The normalized spacial score (nSPS) is 18.9. The number of urea groups is 1. The number of aryl methyl sites for hydroxylation is 1. The third-order valence-electron chi connectivity index (χ3n) is 3.10. The fraction of sp³-hybridized carbons (Fsp3) is 0.583. The molecule has 8 nitrogen and oxygen atoms in total. The topological polar surface area (TPSA) is 96.7 Å². The third-order valence-corrected chi connectivity index (χ3v) is 3.10. The van der Waals surface area contributed by atoms with Crippen molar-refractivity contribution in [2.24, 2.45) is 7.05 Å². The van der Waals surface area contributed by atoms with Crippen molar-refractivity contribution in [3.05, 3.63) is 18.0 Å². The molecule has 1 atom stereocenters. The molecule has 0 aromatic carbocycles. The molecule has 8 heteroatoms. The van der Waals surface area contributed by atoms with Gasteiger partial charge >= 0.3 is 12.0 Å². The van der Waals surface area contributed by atoms with E-state index in [0.29, 0.717) is 19.6 Å². The maximum Gasteiger partial charge on any atom is 0.328 e. The molecule has 0 aliphatic carbocycles. The number of aliphatic carboxylic acids is 1. The second-order valence-corrected chi connectivity index (χ2v) is 4.59. The first-order chi connectivity index (χ1) is 9.58. The Labute approximate surface area is 116 Å². The van der Waals surface area contributed by atoms with E-state index >= 15 is 0 Å². The minimum absolute atomic E-state index is 0.0307. The van der Waals surface area contributed by atoms with E-state index in [2.05, 4.69) is 10.4 Å². The van der Waals surface area contributed by atoms with E-state index < -0.39 is 12.0 Å². The van der Waals surface area contributed by atoms with Gasteiger partial charge in [0.05, 0.1) is 18.9 Å². The van der Waals surface area contributed by atoms with Crippen LogP contribution in [0, 0.1) is 0 Å². The van der Waals surface area contributed by atoms with Gasteiger partial charge < -0.3 is 20.1 Å². The van der Waals surface area contributed by atoms with E-state index in [-0.39, 0.29) is 19.2 Å². The van der Waals surface area contributed by atoms with Crippen molar-refractivity contribution in [2.75, 3.05) is 26.3 Å². The molecule has 2 heterocycles. The lowest BCUT2D eigenvalue weighted by Crippen LogP contribution is -2.55. The largest absolute Gasteiger partial charge is 0.480 e. The Morgan fingerprint density at radius 1 is 1.60 bits per heavy atom. The van der Waals surface area contributed by atoms with Crippen molar-refractivity contribution in [2.45, 2.75) is 12.5 Å². The molecule has 1 aliphatic heterocycles. The summed E-state index contributed by atoms with van der Waals surface area (Å²) in [5.74, 6) is -1.05. The number of carbonyl (C=O) groups excluding carboxylic acids is 1. The standard InChI is InChI=1S/C12H18N4O4/c1-15-5-3-9(14-15)2-4-13-12(19)16-6-7-20-8-10(16)11(17)18/h3,5,10H,2,4,6-8H2,1H3,(H,13,19)(H,17,18). The Morgan fingerprint density at radius 2 is 2.40 bits per heavy atom. The molecular formula is C12H18N4O4. The average molecular weight is 282 g/mol. The molecule has 0 bridgehead atoms. The van der Waals surface area contributed by atoms with Crippen LogP contribution < -0.4 is 5.32 Å². The van der Waals surface area contributed by atoms with Crippen molar-refractivity contribution in [3.8, 4) is 0 Å². The molecule has 110 valence electrons. The van der Waals surface area contributed by atoms with Crippen LogP contribution >= 0.6 is 0 Å². The zero-order valence-electron chi connectivity index (χ0n) is 11.3. The molecular weight excluding hydrogens is 264 g/mol. The first kappa shape index (κ1) is 14.3. The average Bonchev–Trinajstić information content (AvgIpc) is 2.84. The fourth-order valence-electron chi connectivity index (χ4n) is 2.05. The Hall–Kier alpha value is -2.09. The van der Waals surface area contributed by atoms with Gasteiger partial charge in [-0.15, -0.1) is 0 Å². The van der Waals surface area contributed by atoms with Gasteiger partial charge in [-0.25, -0.2) is 9.59 Å². The number of ether oxygens (including phenoxy) is 1. The zero-order chi connectivity index (χ0) is 14.5. The van der Waals surface area contributed by atoms with E-state index in [0.717, 1.165) is 5.69 Å². The van der Waals surface area contributed by atoms with Crippen LogP contribution in [0.5, 0.6) is 0 Å². The molecule has 2 N–H and O–H groups in total. The summed E-state index contributed by atoms with van der Waals surface area (Å²) in [7, 11) is 1.83. The minimum Gasteiger partial charge on any atom is -0.480 e. The summed E-state index contributed by atoms with van der Waals surface area (Å²) in [6.45, 7) is 1.09. The van der Waals surface area contributed by atoms with E-state index in [1.165, 1.54) is 4.90 Å². The molecule has 20 heavy (non-hydrogen) atoms. The van der Waals surface area contributed by atoms with Gasteiger partial charge in [0, 0.05) is 32.8 Å².